The maximum Gasteiger partial charge on any atom is 0.158 e. The molecule has 3 nitrogen and oxygen atoms in total. The van der Waals surface area contributed by atoms with E-state index in [9.17, 15) is 4.21 Å². The zero-order valence-corrected chi connectivity index (χ0v) is 5.77. The van der Waals surface area contributed by atoms with Gasteiger partial charge in [0.25, 0.3) is 0 Å². The summed E-state index contributed by atoms with van der Waals surface area (Å²) in [5.41, 5.74) is 0. The zero-order valence-electron chi connectivity index (χ0n) is 4.96. The van der Waals surface area contributed by atoms with Gasteiger partial charge in [0.1, 0.15) is 0 Å². The van der Waals surface area contributed by atoms with Gasteiger partial charge in [0.2, 0.25) is 0 Å². The highest BCUT2D eigenvalue weighted by Crippen LogP contribution is 1.90. The molecule has 2 atom stereocenters. The van der Waals surface area contributed by atoms with Crippen molar-refractivity contribution in [2.75, 3.05) is 13.7 Å². The van der Waals surface area contributed by atoms with E-state index in [4.69, 9.17) is 4.55 Å². The van der Waals surface area contributed by atoms with Gasteiger partial charge in [-0.1, -0.05) is 0 Å². The highest BCUT2D eigenvalue weighted by molar-refractivity contribution is 7.79. The molecule has 0 rings (SSSR count). The summed E-state index contributed by atoms with van der Waals surface area (Å²) in [5, 5.41) is -0.278. The molecule has 0 aromatic carbocycles. The summed E-state index contributed by atoms with van der Waals surface area (Å²) >= 11 is -1.74. The van der Waals surface area contributed by atoms with Gasteiger partial charge in [-0.3, -0.25) is 0 Å². The number of ether oxygens (including phenoxy) is 1. The quantitative estimate of drug-likeness (QED) is 0.568. The third-order valence-corrected chi connectivity index (χ3v) is 1.57. The molecule has 0 aliphatic carbocycles. The van der Waals surface area contributed by atoms with Crippen LogP contribution in [0.1, 0.15) is 6.92 Å². The van der Waals surface area contributed by atoms with Crippen LogP contribution in [0.3, 0.4) is 0 Å². The van der Waals surface area contributed by atoms with Gasteiger partial charge in [-0.05, 0) is 6.92 Å². The van der Waals surface area contributed by atoms with E-state index in [1.807, 2.05) is 0 Å². The van der Waals surface area contributed by atoms with E-state index >= 15 is 0 Å². The molecule has 0 aliphatic rings. The van der Waals surface area contributed by atoms with Crippen molar-refractivity contribution in [3.05, 3.63) is 0 Å². The molecule has 0 fully saturated rings. The van der Waals surface area contributed by atoms with Crippen LogP contribution in [0, 0.1) is 0 Å². The van der Waals surface area contributed by atoms with E-state index in [0.717, 1.165) is 0 Å². The fourth-order valence-corrected chi connectivity index (χ4v) is 0.545. The Bertz CT molecular complexity index is 83.4. The summed E-state index contributed by atoms with van der Waals surface area (Å²) in [6.45, 7) is 1.99. The minimum atomic E-state index is -1.74. The summed E-state index contributed by atoms with van der Waals surface area (Å²) in [6, 6.07) is 0. The Morgan fingerprint density at radius 2 is 2.38 bits per heavy atom. The van der Waals surface area contributed by atoms with E-state index in [0.29, 0.717) is 6.61 Å². The summed E-state index contributed by atoms with van der Waals surface area (Å²) in [5.74, 6) is 0. The van der Waals surface area contributed by atoms with Gasteiger partial charge in [-0.25, -0.2) is 4.21 Å². The second kappa shape index (κ2) is 4.00. The Morgan fingerprint density at radius 3 is 2.50 bits per heavy atom. The van der Waals surface area contributed by atoms with Crippen molar-refractivity contribution in [3.63, 3.8) is 0 Å². The van der Waals surface area contributed by atoms with E-state index in [1.165, 1.54) is 7.11 Å². The van der Waals surface area contributed by atoms with E-state index in [1.54, 1.807) is 6.92 Å². The van der Waals surface area contributed by atoms with Crippen molar-refractivity contribution in [1.82, 2.24) is 0 Å². The topological polar surface area (TPSA) is 46.5 Å². The van der Waals surface area contributed by atoms with Gasteiger partial charge in [-0.15, -0.1) is 0 Å². The second-order valence-corrected chi connectivity index (χ2v) is 2.90. The van der Waals surface area contributed by atoms with Crippen LogP contribution >= 0.6 is 0 Å². The first-order valence-electron chi connectivity index (χ1n) is 2.27. The van der Waals surface area contributed by atoms with E-state index in [-0.39, 0.29) is 5.25 Å². The maximum atomic E-state index is 10.1. The van der Waals surface area contributed by atoms with Crippen molar-refractivity contribution >= 4 is 11.1 Å². The molecule has 4 heteroatoms. The molecule has 0 aliphatic heterocycles. The monoisotopic (exact) mass is 138 g/mol. The number of rotatable bonds is 3. The first-order valence-corrected chi connectivity index (χ1v) is 3.44. The highest BCUT2D eigenvalue weighted by atomic mass is 32.2. The van der Waals surface area contributed by atoms with Gasteiger partial charge < -0.3 is 9.29 Å². The Morgan fingerprint density at radius 1 is 1.88 bits per heavy atom. The SMILES string of the molecule is COC[C@@H](C)S(=O)O. The Labute approximate surface area is 51.3 Å². The number of hydrogen-bond acceptors (Lipinski definition) is 2. The smallest absolute Gasteiger partial charge is 0.158 e. The summed E-state index contributed by atoms with van der Waals surface area (Å²) < 4.78 is 23.1. The van der Waals surface area contributed by atoms with Crippen molar-refractivity contribution in [2.45, 2.75) is 12.2 Å². The molecule has 50 valence electrons. The third kappa shape index (κ3) is 3.12. The zero-order chi connectivity index (χ0) is 6.57. The first-order chi connectivity index (χ1) is 3.68. The average Bonchev–Trinajstić information content (AvgIpc) is 1.67. The second-order valence-electron chi connectivity index (χ2n) is 1.54. The third-order valence-electron chi connectivity index (χ3n) is 0.746. The largest absolute Gasteiger partial charge is 0.383 e. The lowest BCUT2D eigenvalue weighted by Gasteiger charge is -2.02. The lowest BCUT2D eigenvalue weighted by molar-refractivity contribution is 0.200. The lowest BCUT2D eigenvalue weighted by atomic mass is 10.5. The van der Waals surface area contributed by atoms with Crippen LogP contribution < -0.4 is 0 Å². The molecule has 0 saturated carbocycles. The van der Waals surface area contributed by atoms with Crippen LogP contribution in [0.25, 0.3) is 0 Å². The van der Waals surface area contributed by atoms with Gasteiger partial charge in [0.15, 0.2) is 11.1 Å². The molecule has 0 heterocycles. The van der Waals surface area contributed by atoms with Crippen molar-refractivity contribution in [1.29, 1.82) is 0 Å². The normalized spacial score (nSPS) is 17.9. The summed E-state index contributed by atoms with van der Waals surface area (Å²) in [7, 11) is 1.50. The molecule has 0 saturated heterocycles. The molecule has 0 spiro atoms. The average molecular weight is 138 g/mol. The van der Waals surface area contributed by atoms with Gasteiger partial charge >= 0.3 is 0 Å². The lowest BCUT2D eigenvalue weighted by Crippen LogP contribution is -2.15. The number of hydrogen-bond donors (Lipinski definition) is 1. The van der Waals surface area contributed by atoms with Crippen molar-refractivity contribution < 1.29 is 13.5 Å². The Kier molecular flexibility index (Phi) is 4.03. The van der Waals surface area contributed by atoms with Gasteiger partial charge in [0, 0.05) is 7.11 Å². The first kappa shape index (κ1) is 8.07. The molecule has 0 aromatic heterocycles. The molecular weight excluding hydrogens is 128 g/mol. The number of methoxy groups -OCH3 is 1. The maximum absolute atomic E-state index is 10.1. The Balaban J connectivity index is 3.32. The molecular formula is C4H10O3S. The molecule has 8 heavy (non-hydrogen) atoms. The van der Waals surface area contributed by atoms with Crippen LogP contribution in [-0.4, -0.2) is 27.7 Å². The predicted molar refractivity (Wildman–Crippen MR) is 32.1 cm³/mol. The minimum absolute atomic E-state index is 0.278. The van der Waals surface area contributed by atoms with Crippen LogP contribution in [0.4, 0.5) is 0 Å². The van der Waals surface area contributed by atoms with Crippen molar-refractivity contribution in [3.8, 4) is 0 Å². The predicted octanol–water partition coefficient (Wildman–Crippen LogP) is 0.243. The summed E-state index contributed by atoms with van der Waals surface area (Å²) in [6.07, 6.45) is 0. The Hall–Kier alpha value is 0.0700. The van der Waals surface area contributed by atoms with Crippen molar-refractivity contribution in [2.24, 2.45) is 0 Å². The minimum Gasteiger partial charge on any atom is -0.383 e. The molecule has 1 unspecified atom stereocenters. The van der Waals surface area contributed by atoms with E-state index in [2.05, 4.69) is 4.74 Å². The molecule has 0 radical (unpaired) electrons. The molecule has 0 bridgehead atoms. The fraction of sp³-hybridized carbons (Fsp3) is 1.00. The van der Waals surface area contributed by atoms with Gasteiger partial charge in [0.05, 0.1) is 11.9 Å². The van der Waals surface area contributed by atoms with Crippen LogP contribution in [0.2, 0.25) is 0 Å². The standard InChI is InChI=1S/C4H10O3S/c1-4(3-7-2)8(5)6/h4H,3H2,1-2H3,(H,5,6)/t4-/m1/s1. The summed E-state index contributed by atoms with van der Waals surface area (Å²) in [4.78, 5) is 0. The van der Waals surface area contributed by atoms with Crippen LogP contribution in [0.5, 0.6) is 0 Å². The van der Waals surface area contributed by atoms with Crippen LogP contribution in [0.15, 0.2) is 0 Å². The fourth-order valence-electron chi connectivity index (χ4n) is 0.293. The molecule has 0 aromatic rings. The molecule has 0 amide bonds. The highest BCUT2D eigenvalue weighted by Gasteiger charge is 2.05. The van der Waals surface area contributed by atoms with E-state index < -0.39 is 11.1 Å². The van der Waals surface area contributed by atoms with Crippen LogP contribution in [-0.2, 0) is 15.8 Å². The van der Waals surface area contributed by atoms with Gasteiger partial charge in [-0.2, -0.15) is 0 Å². The molecule has 1 N–H and O–H groups in total.